The molecule has 0 bridgehead atoms. The van der Waals surface area contributed by atoms with Crippen LogP contribution in [0.25, 0.3) is 0 Å². The largest absolute Gasteiger partial charge is 0.478 e. The lowest BCUT2D eigenvalue weighted by Crippen LogP contribution is -2.03. The second-order valence-corrected chi connectivity index (χ2v) is 3.31. The highest BCUT2D eigenvalue weighted by atomic mass is 16.5. The minimum absolute atomic E-state index is 0.139. The van der Waals surface area contributed by atoms with Gasteiger partial charge in [-0.2, -0.15) is 0 Å². The van der Waals surface area contributed by atoms with Gasteiger partial charge in [0.2, 0.25) is 0 Å². The third-order valence-corrected chi connectivity index (χ3v) is 1.17. The summed E-state index contributed by atoms with van der Waals surface area (Å²) in [7, 11) is 1.33. The molecule has 0 spiro atoms. The van der Waals surface area contributed by atoms with Gasteiger partial charge in [-0.15, -0.1) is 0 Å². The molecule has 0 amide bonds. The van der Waals surface area contributed by atoms with Crippen LogP contribution in [0.5, 0.6) is 0 Å². The first-order valence-electron chi connectivity index (χ1n) is 5.25. The highest BCUT2D eigenvalue weighted by molar-refractivity contribution is 5.89. The van der Waals surface area contributed by atoms with E-state index in [1.54, 1.807) is 6.92 Å². The third kappa shape index (κ3) is 29.7. The quantitative estimate of drug-likeness (QED) is 0.412. The summed E-state index contributed by atoms with van der Waals surface area (Å²) in [6.07, 6.45) is 0.556. The molecule has 20 heavy (non-hydrogen) atoms. The summed E-state index contributed by atoms with van der Waals surface area (Å²) in [5.41, 5.74) is 0.433. The van der Waals surface area contributed by atoms with Gasteiger partial charge in [0.25, 0.3) is 0 Å². The Morgan fingerprint density at radius 1 is 1.20 bits per heavy atom. The van der Waals surface area contributed by atoms with Gasteiger partial charge in [-0.1, -0.05) is 6.58 Å². The Morgan fingerprint density at radius 3 is 1.55 bits per heavy atom. The van der Waals surface area contributed by atoms with Crippen LogP contribution < -0.4 is 0 Å². The van der Waals surface area contributed by atoms with Crippen molar-refractivity contribution in [1.82, 2.24) is 0 Å². The van der Waals surface area contributed by atoms with E-state index in [0.717, 1.165) is 0 Å². The zero-order valence-corrected chi connectivity index (χ0v) is 11.6. The number of carboxylic acid groups (broad SMARTS) is 2. The zero-order chi connectivity index (χ0) is 16.7. The molecule has 0 heterocycles. The topological polar surface area (TPSA) is 141 Å². The minimum atomic E-state index is -1.26. The molecular weight excluding hydrogens is 272 g/mol. The van der Waals surface area contributed by atoms with E-state index in [0.29, 0.717) is 17.7 Å². The van der Waals surface area contributed by atoms with Crippen LogP contribution in [0.1, 0.15) is 13.8 Å². The molecule has 1 unspecified atom stereocenters. The molecule has 8 nitrogen and oxygen atoms in total. The van der Waals surface area contributed by atoms with Gasteiger partial charge in [0.15, 0.2) is 0 Å². The van der Waals surface area contributed by atoms with Crippen molar-refractivity contribution in [3.8, 4) is 0 Å². The van der Waals surface area contributed by atoms with E-state index in [-0.39, 0.29) is 12.6 Å². The van der Waals surface area contributed by atoms with Crippen LogP contribution >= 0.6 is 0 Å². The van der Waals surface area contributed by atoms with Gasteiger partial charge in [-0.3, -0.25) is 0 Å². The fourth-order valence-electron chi connectivity index (χ4n) is 0.317. The predicted octanol–water partition coefficient (Wildman–Crippen LogP) is -0.193. The van der Waals surface area contributed by atoms with Crippen LogP contribution in [0.2, 0.25) is 0 Å². The van der Waals surface area contributed by atoms with Gasteiger partial charge in [0, 0.05) is 17.7 Å². The maximum Gasteiger partial charge on any atom is 0.332 e. The average molecular weight is 292 g/mol. The van der Waals surface area contributed by atoms with Gasteiger partial charge >= 0.3 is 17.9 Å². The van der Waals surface area contributed by atoms with Gasteiger partial charge in [-0.25, -0.2) is 14.4 Å². The van der Waals surface area contributed by atoms with Gasteiger partial charge in [-0.05, 0) is 13.8 Å². The number of hydrogen-bond donors (Lipinski definition) is 4. The fourth-order valence-corrected chi connectivity index (χ4v) is 0.317. The van der Waals surface area contributed by atoms with Crippen molar-refractivity contribution >= 4 is 17.9 Å². The lowest BCUT2D eigenvalue weighted by Gasteiger charge is -1.91. The molecule has 0 aromatic heterocycles. The highest BCUT2D eigenvalue weighted by Crippen LogP contribution is 1.87. The molecule has 0 aromatic rings. The summed E-state index contributed by atoms with van der Waals surface area (Å²) in [6, 6.07) is 0. The number of carbonyl (C=O) groups excluding carboxylic acids is 1. The van der Waals surface area contributed by atoms with E-state index in [9.17, 15) is 14.4 Å². The first kappa shape index (κ1) is 22.9. The number of esters is 1. The molecule has 0 fully saturated rings. The second-order valence-electron chi connectivity index (χ2n) is 3.31. The fraction of sp³-hybridized carbons (Fsp3) is 0.417. The Labute approximate surface area is 116 Å². The summed E-state index contributed by atoms with van der Waals surface area (Å²) < 4.78 is 4.27. The van der Waals surface area contributed by atoms with Crippen molar-refractivity contribution in [3.05, 3.63) is 24.3 Å². The number of aliphatic hydroxyl groups excluding tert-OH is 2. The molecular formula is C12H20O8. The number of aliphatic hydroxyl groups is 2. The van der Waals surface area contributed by atoms with E-state index in [2.05, 4.69) is 11.3 Å². The third-order valence-electron chi connectivity index (χ3n) is 1.17. The first-order chi connectivity index (χ1) is 9.08. The van der Waals surface area contributed by atoms with Crippen molar-refractivity contribution in [3.63, 3.8) is 0 Å². The van der Waals surface area contributed by atoms with Crippen LogP contribution in [0.3, 0.4) is 0 Å². The minimum Gasteiger partial charge on any atom is -0.478 e. The number of carboxylic acids is 2. The molecule has 116 valence electrons. The summed E-state index contributed by atoms with van der Waals surface area (Å²) >= 11 is 0. The van der Waals surface area contributed by atoms with E-state index < -0.39 is 18.0 Å². The van der Waals surface area contributed by atoms with Crippen molar-refractivity contribution in [2.75, 3.05) is 13.7 Å². The molecule has 0 aliphatic carbocycles. The maximum atomic E-state index is 10.2. The Balaban J connectivity index is -0.000000223. The van der Waals surface area contributed by atoms with E-state index in [4.69, 9.17) is 20.4 Å². The van der Waals surface area contributed by atoms with Gasteiger partial charge in [0.05, 0.1) is 19.8 Å². The number of carbonyl (C=O) groups is 3. The Hall–Kier alpha value is -2.19. The van der Waals surface area contributed by atoms with Crippen LogP contribution in [0.15, 0.2) is 24.3 Å². The van der Waals surface area contributed by atoms with E-state index in [1.165, 1.54) is 14.0 Å². The molecule has 0 radical (unpaired) electrons. The Kier molecular flexibility index (Phi) is 17.1. The second kappa shape index (κ2) is 14.9. The molecule has 0 aromatic carbocycles. The standard InChI is InChI=1S/C5H8O2.C4H4O4.C3H8O2/c1-4(2)5(6)7-3;5-3(6)1-2-4(7)8;1-3(5)2-4/h1H2,2-3H3;1-2H,(H,5,6)(H,7,8);3-5H,2H2,1H3/b;2-1+;. The molecule has 0 aliphatic rings. The van der Waals surface area contributed by atoms with Crippen LogP contribution in [-0.4, -0.2) is 58.2 Å². The normalized spacial score (nSPS) is 10.2. The van der Waals surface area contributed by atoms with Gasteiger partial charge < -0.3 is 25.2 Å². The van der Waals surface area contributed by atoms with Crippen LogP contribution in [0, 0.1) is 0 Å². The molecule has 0 rings (SSSR count). The van der Waals surface area contributed by atoms with E-state index in [1.807, 2.05) is 0 Å². The summed E-state index contributed by atoms with van der Waals surface area (Å²) in [5, 5.41) is 31.6. The molecule has 8 heteroatoms. The number of aliphatic carboxylic acids is 2. The Morgan fingerprint density at radius 2 is 1.50 bits per heavy atom. The molecule has 0 aliphatic heterocycles. The number of rotatable bonds is 4. The Bertz CT molecular complexity index is 327. The lowest BCUT2D eigenvalue weighted by atomic mass is 10.4. The van der Waals surface area contributed by atoms with E-state index >= 15 is 0 Å². The number of methoxy groups -OCH3 is 1. The summed E-state index contributed by atoms with van der Waals surface area (Å²) in [6.45, 7) is 6.34. The highest BCUT2D eigenvalue weighted by Gasteiger charge is 1.95. The summed E-state index contributed by atoms with van der Waals surface area (Å²) in [4.78, 5) is 29.3. The van der Waals surface area contributed by atoms with Crippen LogP contribution in [-0.2, 0) is 19.1 Å². The first-order valence-corrected chi connectivity index (χ1v) is 5.25. The smallest absolute Gasteiger partial charge is 0.332 e. The molecule has 0 saturated carbocycles. The van der Waals surface area contributed by atoms with Crippen LogP contribution in [0.4, 0.5) is 0 Å². The predicted molar refractivity (Wildman–Crippen MR) is 70.0 cm³/mol. The average Bonchev–Trinajstić information content (AvgIpc) is 2.36. The lowest BCUT2D eigenvalue weighted by molar-refractivity contribution is -0.136. The SMILES string of the molecule is C=C(C)C(=O)OC.CC(O)CO.O=C(O)/C=C/C(=O)O. The molecule has 0 saturated heterocycles. The zero-order valence-electron chi connectivity index (χ0n) is 11.6. The number of hydrogen-bond acceptors (Lipinski definition) is 6. The van der Waals surface area contributed by atoms with Crippen molar-refractivity contribution in [1.29, 1.82) is 0 Å². The number of ether oxygens (including phenoxy) is 1. The molecule has 4 N–H and O–H groups in total. The summed E-state index contributed by atoms with van der Waals surface area (Å²) in [5.74, 6) is -2.86. The van der Waals surface area contributed by atoms with Crippen molar-refractivity contribution < 1.29 is 39.5 Å². The van der Waals surface area contributed by atoms with Gasteiger partial charge in [0.1, 0.15) is 0 Å². The maximum absolute atomic E-state index is 10.2. The van der Waals surface area contributed by atoms with Crippen molar-refractivity contribution in [2.45, 2.75) is 20.0 Å². The van der Waals surface area contributed by atoms with Crippen molar-refractivity contribution in [2.24, 2.45) is 0 Å². The molecule has 1 atom stereocenters. The monoisotopic (exact) mass is 292 g/mol.